The van der Waals surface area contributed by atoms with E-state index in [1.54, 1.807) is 12.1 Å². The highest BCUT2D eigenvalue weighted by atomic mass is 16.1. The van der Waals surface area contributed by atoms with Crippen molar-refractivity contribution in [2.45, 2.75) is 46.1 Å². The third-order valence-electron chi connectivity index (χ3n) is 5.75. The first-order chi connectivity index (χ1) is 9.33. The second kappa shape index (κ2) is 4.24. The molecule has 3 atom stereocenters. The van der Waals surface area contributed by atoms with Crippen LogP contribution in [-0.4, -0.2) is 11.9 Å². The number of nitrogens with one attached hydrogen (secondary N) is 1. The molecule has 0 aromatic heterocycles. The van der Waals surface area contributed by atoms with Gasteiger partial charge in [-0.2, -0.15) is 0 Å². The number of hydrogen-bond donors (Lipinski definition) is 2. The molecule has 3 nitrogen and oxygen atoms in total. The Hall–Kier alpha value is -1.51. The van der Waals surface area contributed by atoms with Gasteiger partial charge in [0.15, 0.2) is 0 Å². The molecule has 3 N–H and O–H groups in total. The minimum Gasteiger partial charge on any atom is -0.381 e. The highest BCUT2D eigenvalue weighted by Gasteiger charge is 2.59. The molecule has 2 aliphatic rings. The minimum absolute atomic E-state index is 0.329. The van der Waals surface area contributed by atoms with Crippen LogP contribution in [0.1, 0.15) is 50.4 Å². The summed E-state index contributed by atoms with van der Waals surface area (Å²) in [6.07, 6.45) is 4.01. The lowest BCUT2D eigenvalue weighted by atomic mass is 9.68. The Morgan fingerprint density at radius 1 is 1.25 bits per heavy atom. The van der Waals surface area contributed by atoms with Gasteiger partial charge in [-0.1, -0.05) is 20.8 Å². The first kappa shape index (κ1) is 13.5. The van der Waals surface area contributed by atoms with E-state index in [0.29, 0.717) is 22.4 Å². The van der Waals surface area contributed by atoms with Gasteiger partial charge in [-0.3, -0.25) is 4.79 Å². The first-order valence-corrected chi connectivity index (χ1v) is 7.49. The maximum Gasteiger partial charge on any atom is 0.248 e. The van der Waals surface area contributed by atoms with Crippen LogP contribution in [0.4, 0.5) is 5.69 Å². The zero-order valence-electron chi connectivity index (χ0n) is 12.6. The van der Waals surface area contributed by atoms with Crippen molar-refractivity contribution in [1.82, 2.24) is 0 Å². The van der Waals surface area contributed by atoms with E-state index in [2.05, 4.69) is 26.1 Å². The Kier molecular flexibility index (Phi) is 2.86. The number of carbonyl (C=O) groups is 1. The van der Waals surface area contributed by atoms with Gasteiger partial charge in [0.25, 0.3) is 0 Å². The lowest BCUT2D eigenvalue weighted by molar-refractivity contribution is 0.100. The van der Waals surface area contributed by atoms with Crippen molar-refractivity contribution in [3.8, 4) is 0 Å². The number of benzene rings is 1. The second-order valence-electron chi connectivity index (χ2n) is 7.43. The molecule has 0 spiro atoms. The Balaban J connectivity index is 1.82. The predicted octanol–water partition coefficient (Wildman–Crippen LogP) is 3.41. The normalized spacial score (nSPS) is 34.1. The van der Waals surface area contributed by atoms with E-state index in [-0.39, 0.29) is 5.91 Å². The topological polar surface area (TPSA) is 55.1 Å². The van der Waals surface area contributed by atoms with Gasteiger partial charge in [0.1, 0.15) is 0 Å². The summed E-state index contributed by atoms with van der Waals surface area (Å²) in [6.45, 7) is 7.19. The zero-order valence-corrected chi connectivity index (χ0v) is 12.6. The van der Waals surface area contributed by atoms with Crippen LogP contribution in [0, 0.1) is 16.7 Å². The standard InChI is InChI=1S/C17H24N2O/c1-16(2)12-8-9-17(3,10-12)15(16)19-13-6-4-11(5-7-13)14(18)20/h4-7,12,15,19H,8-10H2,1-3H3,(H2,18,20). The van der Waals surface area contributed by atoms with Crippen LogP contribution in [0.15, 0.2) is 24.3 Å². The molecule has 2 aliphatic carbocycles. The van der Waals surface area contributed by atoms with Crippen LogP contribution in [0.5, 0.6) is 0 Å². The van der Waals surface area contributed by atoms with Crippen molar-refractivity contribution in [1.29, 1.82) is 0 Å². The molecule has 0 heterocycles. The third kappa shape index (κ3) is 1.91. The molecular weight excluding hydrogens is 248 g/mol. The van der Waals surface area contributed by atoms with Gasteiger partial charge in [-0.05, 0) is 60.3 Å². The number of anilines is 1. The molecule has 0 saturated heterocycles. The van der Waals surface area contributed by atoms with Gasteiger partial charge in [-0.15, -0.1) is 0 Å². The monoisotopic (exact) mass is 272 g/mol. The number of hydrogen-bond acceptors (Lipinski definition) is 2. The van der Waals surface area contributed by atoms with Crippen LogP contribution in [-0.2, 0) is 0 Å². The van der Waals surface area contributed by atoms with Crippen LogP contribution in [0.3, 0.4) is 0 Å². The molecule has 20 heavy (non-hydrogen) atoms. The van der Waals surface area contributed by atoms with Gasteiger partial charge < -0.3 is 11.1 Å². The van der Waals surface area contributed by atoms with Gasteiger partial charge in [-0.25, -0.2) is 0 Å². The van der Waals surface area contributed by atoms with Gasteiger partial charge in [0.2, 0.25) is 5.91 Å². The highest BCUT2D eigenvalue weighted by molar-refractivity contribution is 5.93. The summed E-state index contributed by atoms with van der Waals surface area (Å²) in [4.78, 5) is 11.1. The summed E-state index contributed by atoms with van der Waals surface area (Å²) in [7, 11) is 0. The van der Waals surface area contributed by atoms with Crippen molar-refractivity contribution in [3.05, 3.63) is 29.8 Å². The predicted molar refractivity (Wildman–Crippen MR) is 81.6 cm³/mol. The number of fused-ring (bicyclic) bond motifs is 2. The average molecular weight is 272 g/mol. The van der Waals surface area contributed by atoms with Crippen LogP contribution in [0.25, 0.3) is 0 Å². The van der Waals surface area contributed by atoms with E-state index >= 15 is 0 Å². The second-order valence-corrected chi connectivity index (χ2v) is 7.43. The summed E-state index contributed by atoms with van der Waals surface area (Å²) in [5.74, 6) is 0.457. The minimum atomic E-state index is -0.372. The fourth-order valence-corrected chi connectivity index (χ4v) is 4.56. The number of rotatable bonds is 3. The molecule has 3 rings (SSSR count). The van der Waals surface area contributed by atoms with Gasteiger partial charge in [0.05, 0.1) is 0 Å². The smallest absolute Gasteiger partial charge is 0.248 e. The summed E-state index contributed by atoms with van der Waals surface area (Å²) in [5.41, 5.74) is 7.66. The van der Waals surface area contributed by atoms with E-state index < -0.39 is 0 Å². The van der Waals surface area contributed by atoms with E-state index in [0.717, 1.165) is 11.6 Å². The Morgan fingerprint density at radius 3 is 2.40 bits per heavy atom. The van der Waals surface area contributed by atoms with Crippen molar-refractivity contribution in [2.24, 2.45) is 22.5 Å². The number of primary amides is 1. The summed E-state index contributed by atoms with van der Waals surface area (Å²) in [5, 5.41) is 3.72. The molecule has 1 aromatic carbocycles. The Morgan fingerprint density at radius 2 is 1.90 bits per heavy atom. The molecule has 2 bridgehead atoms. The molecule has 1 amide bonds. The van der Waals surface area contributed by atoms with Crippen molar-refractivity contribution < 1.29 is 4.79 Å². The molecule has 0 radical (unpaired) electrons. The number of nitrogens with two attached hydrogens (primary N) is 1. The summed E-state index contributed by atoms with van der Waals surface area (Å²) >= 11 is 0. The molecule has 1 aromatic rings. The van der Waals surface area contributed by atoms with Crippen LogP contribution in [0.2, 0.25) is 0 Å². The molecule has 3 heteroatoms. The van der Waals surface area contributed by atoms with E-state index in [1.165, 1.54) is 19.3 Å². The van der Waals surface area contributed by atoms with Crippen LogP contribution >= 0.6 is 0 Å². The molecule has 2 fully saturated rings. The fourth-order valence-electron chi connectivity index (χ4n) is 4.56. The van der Waals surface area contributed by atoms with Crippen molar-refractivity contribution in [2.75, 3.05) is 5.32 Å². The quantitative estimate of drug-likeness (QED) is 0.886. The maximum absolute atomic E-state index is 11.1. The molecular formula is C17H24N2O. The van der Waals surface area contributed by atoms with Crippen molar-refractivity contribution in [3.63, 3.8) is 0 Å². The Bertz CT molecular complexity index is 530. The number of amides is 1. The highest BCUT2D eigenvalue weighted by Crippen LogP contribution is 2.63. The first-order valence-electron chi connectivity index (χ1n) is 7.49. The van der Waals surface area contributed by atoms with E-state index in [9.17, 15) is 4.79 Å². The summed E-state index contributed by atoms with van der Waals surface area (Å²) in [6, 6.07) is 8.02. The SMILES string of the molecule is CC12CCC(C1)C(C)(C)C2Nc1ccc(C(N)=O)cc1. The summed E-state index contributed by atoms with van der Waals surface area (Å²) < 4.78 is 0. The molecule has 3 unspecified atom stereocenters. The lowest BCUT2D eigenvalue weighted by Crippen LogP contribution is -2.45. The molecule has 2 saturated carbocycles. The van der Waals surface area contributed by atoms with Gasteiger partial charge in [0, 0.05) is 17.3 Å². The fraction of sp³-hybridized carbons (Fsp3) is 0.588. The van der Waals surface area contributed by atoms with Crippen LogP contribution < -0.4 is 11.1 Å². The third-order valence-corrected chi connectivity index (χ3v) is 5.75. The molecule has 108 valence electrons. The maximum atomic E-state index is 11.1. The average Bonchev–Trinajstić information content (AvgIpc) is 2.86. The van der Waals surface area contributed by atoms with Gasteiger partial charge >= 0.3 is 0 Å². The zero-order chi connectivity index (χ0) is 14.5. The van der Waals surface area contributed by atoms with E-state index in [4.69, 9.17) is 5.73 Å². The Labute approximate surface area is 120 Å². The van der Waals surface area contributed by atoms with Crippen molar-refractivity contribution >= 4 is 11.6 Å². The van der Waals surface area contributed by atoms with E-state index in [1.807, 2.05) is 12.1 Å². The molecule has 0 aliphatic heterocycles. The largest absolute Gasteiger partial charge is 0.381 e. The lowest BCUT2D eigenvalue weighted by Gasteiger charge is -2.43. The number of carbonyl (C=O) groups excluding carboxylic acids is 1.